The van der Waals surface area contributed by atoms with Gasteiger partial charge in [0, 0.05) is 25.2 Å². The van der Waals surface area contributed by atoms with Crippen LogP contribution in [0.5, 0.6) is 5.88 Å². The number of benzene rings is 1. The van der Waals surface area contributed by atoms with Gasteiger partial charge in [-0.3, -0.25) is 14.5 Å². The molecule has 0 saturated carbocycles. The van der Waals surface area contributed by atoms with E-state index in [0.29, 0.717) is 41.1 Å². The largest absolute Gasteiger partial charge is 0.480 e. The maximum absolute atomic E-state index is 13.1. The highest BCUT2D eigenvalue weighted by molar-refractivity contribution is 7.91. The highest BCUT2D eigenvalue weighted by Gasteiger charge is 2.23. The molecule has 13 heteroatoms. The van der Waals surface area contributed by atoms with E-state index in [0.717, 1.165) is 5.39 Å². The van der Waals surface area contributed by atoms with Crippen molar-refractivity contribution in [2.45, 2.75) is 37.3 Å². The number of amides is 1. The van der Waals surface area contributed by atoms with Gasteiger partial charge in [0.2, 0.25) is 5.88 Å². The van der Waals surface area contributed by atoms with Crippen molar-refractivity contribution in [3.63, 3.8) is 0 Å². The molecular weight excluding hydrogens is 561 g/mol. The number of sulfone groups is 1. The standard InChI is InChI=1S/C28H26F2N4O5S.FH.H2/c1-16(32-27(35)17-4-5-19-15-39-10-3-11-40(36,37)25(19)12-17)23-13-24-18(14-31-23)6-8-21(33-24)20-7-9-22(26(29)30)34-28(20)38-2;;/h4-9,12-14,16,26H,3,10-11,15H2,1-2H3,(H,32,35);2*1H/t16-;;/m0../s1. The van der Waals surface area contributed by atoms with E-state index in [1.165, 1.54) is 25.3 Å². The molecule has 0 radical (unpaired) electrons. The van der Waals surface area contributed by atoms with E-state index in [2.05, 4.69) is 20.3 Å². The molecule has 0 saturated heterocycles. The molecule has 4 heterocycles. The fourth-order valence-electron chi connectivity index (χ4n) is 4.45. The smallest absolute Gasteiger partial charge is 0.280 e. The maximum Gasteiger partial charge on any atom is 0.280 e. The lowest BCUT2D eigenvalue weighted by molar-refractivity contribution is 0.0938. The molecule has 1 amide bonds. The topological polar surface area (TPSA) is 120 Å². The van der Waals surface area contributed by atoms with Crippen LogP contribution in [0.2, 0.25) is 0 Å². The summed E-state index contributed by atoms with van der Waals surface area (Å²) in [5, 5.41) is 3.60. The predicted molar refractivity (Wildman–Crippen MR) is 148 cm³/mol. The van der Waals surface area contributed by atoms with E-state index < -0.39 is 33.9 Å². The molecule has 1 atom stereocenters. The van der Waals surface area contributed by atoms with Crippen LogP contribution in [0.4, 0.5) is 13.5 Å². The second-order valence-corrected chi connectivity index (χ2v) is 11.4. The Morgan fingerprint density at radius 2 is 1.90 bits per heavy atom. The van der Waals surface area contributed by atoms with Gasteiger partial charge in [0.05, 0.1) is 52.9 Å². The van der Waals surface area contributed by atoms with Crippen molar-refractivity contribution in [1.29, 1.82) is 0 Å². The average Bonchev–Trinajstić information content (AvgIpc) is 2.95. The number of nitrogens with zero attached hydrogens (tertiary/aromatic N) is 3. The number of hydrogen-bond acceptors (Lipinski definition) is 8. The van der Waals surface area contributed by atoms with Gasteiger partial charge in [-0.05, 0) is 61.4 Å². The van der Waals surface area contributed by atoms with E-state index >= 15 is 0 Å². The third-order valence-corrected chi connectivity index (χ3v) is 8.46. The van der Waals surface area contributed by atoms with Gasteiger partial charge < -0.3 is 14.8 Å². The summed E-state index contributed by atoms with van der Waals surface area (Å²) in [7, 11) is -2.18. The van der Waals surface area contributed by atoms with Crippen LogP contribution < -0.4 is 10.1 Å². The zero-order valence-corrected chi connectivity index (χ0v) is 23.0. The van der Waals surface area contributed by atoms with E-state index in [4.69, 9.17) is 9.47 Å². The van der Waals surface area contributed by atoms with Gasteiger partial charge in [-0.25, -0.2) is 27.2 Å². The molecule has 1 aliphatic heterocycles. The zero-order valence-electron chi connectivity index (χ0n) is 22.1. The van der Waals surface area contributed by atoms with E-state index in [-0.39, 0.29) is 34.8 Å². The fraction of sp³-hybridized carbons (Fsp3) is 0.286. The molecule has 9 nitrogen and oxygen atoms in total. The monoisotopic (exact) mass is 590 g/mol. The lowest BCUT2D eigenvalue weighted by atomic mass is 10.1. The summed E-state index contributed by atoms with van der Waals surface area (Å²) in [6.07, 6.45) is -0.716. The Hall–Kier alpha value is -4.10. The van der Waals surface area contributed by atoms with Crippen molar-refractivity contribution in [2.24, 2.45) is 0 Å². The van der Waals surface area contributed by atoms with Crippen molar-refractivity contribution in [1.82, 2.24) is 20.3 Å². The number of alkyl halides is 2. The van der Waals surface area contributed by atoms with Gasteiger partial charge in [-0.1, -0.05) is 6.07 Å². The summed E-state index contributed by atoms with van der Waals surface area (Å²) in [4.78, 5) is 26.2. The number of hydrogen-bond donors (Lipinski definition) is 1. The molecule has 0 bridgehead atoms. The number of ether oxygens (including phenoxy) is 2. The van der Waals surface area contributed by atoms with Crippen LogP contribution in [0.15, 0.2) is 59.6 Å². The van der Waals surface area contributed by atoms with Crippen LogP contribution in [0.3, 0.4) is 0 Å². The van der Waals surface area contributed by atoms with Crippen molar-refractivity contribution in [3.8, 4) is 17.1 Å². The summed E-state index contributed by atoms with van der Waals surface area (Å²) in [5.41, 5.74) is 2.35. The van der Waals surface area contributed by atoms with E-state index in [1.807, 2.05) is 0 Å². The van der Waals surface area contributed by atoms with Crippen LogP contribution in [0.1, 0.15) is 54.5 Å². The molecule has 0 unspecified atom stereocenters. The summed E-state index contributed by atoms with van der Waals surface area (Å²) in [6.45, 7) is 2.29. The van der Waals surface area contributed by atoms with Crippen molar-refractivity contribution in [2.75, 3.05) is 19.5 Å². The van der Waals surface area contributed by atoms with E-state index in [1.54, 1.807) is 43.5 Å². The summed E-state index contributed by atoms with van der Waals surface area (Å²) < 4.78 is 62.4. The minimum atomic E-state index is -3.53. The van der Waals surface area contributed by atoms with Crippen LogP contribution in [0, 0.1) is 0 Å². The zero-order chi connectivity index (χ0) is 28.4. The predicted octanol–water partition coefficient (Wildman–Crippen LogP) is 5.22. The third-order valence-electron chi connectivity index (χ3n) is 6.58. The van der Waals surface area contributed by atoms with Crippen molar-refractivity contribution in [3.05, 3.63) is 77.2 Å². The SMILES string of the molecule is COc1nc(C(F)F)ccc1-c1ccc2cnc([C@H](C)NC(=O)c3ccc4c(c3)S(=O)(=O)CCCOC4)cc2n1.F.[HH]. The average molecular weight is 591 g/mol. The minimum absolute atomic E-state index is 0. The highest BCUT2D eigenvalue weighted by Crippen LogP contribution is 2.31. The summed E-state index contributed by atoms with van der Waals surface area (Å²) in [6, 6.07) is 12.0. The Labute approximate surface area is 235 Å². The number of methoxy groups -OCH3 is 1. The lowest BCUT2D eigenvalue weighted by Crippen LogP contribution is -2.27. The second kappa shape index (κ2) is 12.2. The molecule has 0 fully saturated rings. The Morgan fingerprint density at radius 1 is 1.10 bits per heavy atom. The Balaban J connectivity index is 0.00000242. The van der Waals surface area contributed by atoms with Gasteiger partial charge in [0.25, 0.3) is 12.3 Å². The molecule has 41 heavy (non-hydrogen) atoms. The number of halogens is 3. The number of pyridine rings is 3. The maximum atomic E-state index is 13.1. The summed E-state index contributed by atoms with van der Waals surface area (Å²) in [5.74, 6) is -0.466. The van der Waals surface area contributed by atoms with Gasteiger partial charge in [0.1, 0.15) is 5.69 Å². The molecule has 1 aliphatic rings. The van der Waals surface area contributed by atoms with Crippen LogP contribution >= 0.6 is 0 Å². The number of carbonyl (C=O) groups is 1. The van der Waals surface area contributed by atoms with Gasteiger partial charge in [-0.2, -0.15) is 0 Å². The number of nitrogens with one attached hydrogen (secondary N) is 1. The van der Waals surface area contributed by atoms with Crippen LogP contribution in [0.25, 0.3) is 22.2 Å². The molecule has 3 aromatic heterocycles. The first-order valence-corrected chi connectivity index (χ1v) is 14.2. The normalized spacial score (nSPS) is 15.2. The molecule has 0 aliphatic carbocycles. The van der Waals surface area contributed by atoms with Gasteiger partial charge in [0.15, 0.2) is 9.84 Å². The molecular formula is C28H29F3N4O5S. The molecule has 1 aromatic carbocycles. The fourth-order valence-corrected chi connectivity index (χ4v) is 6.00. The minimum Gasteiger partial charge on any atom is -0.480 e. The Morgan fingerprint density at radius 3 is 2.66 bits per heavy atom. The Kier molecular flexibility index (Phi) is 8.88. The molecule has 0 spiro atoms. The molecule has 218 valence electrons. The van der Waals surface area contributed by atoms with Gasteiger partial charge >= 0.3 is 0 Å². The third kappa shape index (κ3) is 6.30. The number of fused-ring (bicyclic) bond motifs is 2. The first-order chi connectivity index (χ1) is 19.2. The molecule has 4 aromatic rings. The van der Waals surface area contributed by atoms with Crippen molar-refractivity contribution < 1.29 is 37.6 Å². The Bertz CT molecular complexity index is 1710. The quantitative estimate of drug-likeness (QED) is 0.325. The highest BCUT2D eigenvalue weighted by atomic mass is 32.2. The first kappa shape index (κ1) is 29.9. The van der Waals surface area contributed by atoms with Crippen LogP contribution in [-0.4, -0.2) is 48.7 Å². The molecule has 5 rings (SSSR count). The van der Waals surface area contributed by atoms with E-state index in [9.17, 15) is 22.0 Å². The first-order valence-electron chi connectivity index (χ1n) is 12.5. The number of aromatic nitrogens is 3. The van der Waals surface area contributed by atoms with Gasteiger partial charge in [-0.15, -0.1) is 0 Å². The summed E-state index contributed by atoms with van der Waals surface area (Å²) >= 11 is 0. The second-order valence-electron chi connectivity index (χ2n) is 9.33. The van der Waals surface area contributed by atoms with Crippen LogP contribution in [-0.2, 0) is 21.2 Å². The lowest BCUT2D eigenvalue weighted by Gasteiger charge is -2.17. The number of carbonyl (C=O) groups excluding carboxylic acids is 1. The molecule has 1 N–H and O–H groups in total. The number of rotatable bonds is 6. The van der Waals surface area contributed by atoms with Crippen molar-refractivity contribution >= 4 is 26.6 Å².